The second-order valence-corrected chi connectivity index (χ2v) is 5.91. The van der Waals surface area contributed by atoms with Crippen LogP contribution in [-0.2, 0) is 5.92 Å². The first-order valence-electron chi connectivity index (χ1n) is 7.07. The standard InChI is InChI=1S/C17H14F2N2O2/c1-16(2,21(22)23)17(18,19)15-13-9-4-3-7-11(13)12-8-5-6-10-14(12)20-15/h3-10H,1-2H3. The molecule has 0 radical (unpaired) electrons. The van der Waals surface area contributed by atoms with Crippen molar-refractivity contribution in [1.82, 2.24) is 4.98 Å². The van der Waals surface area contributed by atoms with Crippen molar-refractivity contribution in [2.75, 3.05) is 0 Å². The SMILES string of the molecule is CC(C)([N+](=O)[O-])C(F)(F)c1nc2ccccc2c2ccccc12. The molecule has 2 aromatic carbocycles. The number of hydrogen-bond donors (Lipinski definition) is 0. The molecule has 0 spiro atoms. The molecule has 1 heterocycles. The fourth-order valence-corrected chi connectivity index (χ4v) is 2.55. The fourth-order valence-electron chi connectivity index (χ4n) is 2.55. The van der Waals surface area contributed by atoms with Crippen LogP contribution in [0.3, 0.4) is 0 Å². The molecule has 4 nitrogen and oxygen atoms in total. The van der Waals surface area contributed by atoms with Crippen LogP contribution in [0.25, 0.3) is 21.7 Å². The molecular formula is C17H14F2N2O2. The second-order valence-electron chi connectivity index (χ2n) is 5.91. The summed E-state index contributed by atoms with van der Waals surface area (Å²) < 4.78 is 29.9. The molecule has 118 valence electrons. The minimum Gasteiger partial charge on any atom is -0.264 e. The van der Waals surface area contributed by atoms with E-state index in [2.05, 4.69) is 4.98 Å². The molecule has 0 aliphatic carbocycles. The van der Waals surface area contributed by atoms with E-state index in [4.69, 9.17) is 0 Å². The third kappa shape index (κ3) is 2.13. The van der Waals surface area contributed by atoms with Gasteiger partial charge in [0.15, 0.2) is 0 Å². The van der Waals surface area contributed by atoms with E-state index in [9.17, 15) is 18.9 Å². The summed E-state index contributed by atoms with van der Waals surface area (Å²) in [7, 11) is 0. The summed E-state index contributed by atoms with van der Waals surface area (Å²) in [6, 6.07) is 13.5. The molecule has 0 aliphatic heterocycles. The summed E-state index contributed by atoms with van der Waals surface area (Å²) in [4.78, 5) is 14.2. The van der Waals surface area contributed by atoms with Crippen LogP contribution >= 0.6 is 0 Å². The number of aromatic nitrogens is 1. The molecule has 23 heavy (non-hydrogen) atoms. The number of fused-ring (bicyclic) bond motifs is 3. The second kappa shape index (κ2) is 4.94. The first-order chi connectivity index (χ1) is 10.8. The normalized spacial score (nSPS) is 12.7. The number of nitrogens with zero attached hydrogens (tertiary/aromatic N) is 2. The zero-order chi connectivity index (χ0) is 16.8. The van der Waals surface area contributed by atoms with Crippen molar-refractivity contribution in [3.8, 4) is 0 Å². The highest BCUT2D eigenvalue weighted by Crippen LogP contribution is 2.43. The first-order valence-corrected chi connectivity index (χ1v) is 7.07. The van der Waals surface area contributed by atoms with Crippen molar-refractivity contribution in [3.63, 3.8) is 0 Å². The number of hydrogen-bond acceptors (Lipinski definition) is 3. The van der Waals surface area contributed by atoms with Gasteiger partial charge in [-0.2, -0.15) is 8.78 Å². The van der Waals surface area contributed by atoms with E-state index in [0.717, 1.165) is 19.2 Å². The maximum absolute atomic E-state index is 14.9. The average Bonchev–Trinajstić information content (AvgIpc) is 2.53. The number of rotatable bonds is 3. The van der Waals surface area contributed by atoms with Gasteiger partial charge in [0.2, 0.25) is 0 Å². The number of alkyl halides is 2. The zero-order valence-electron chi connectivity index (χ0n) is 12.6. The number of halogens is 2. The van der Waals surface area contributed by atoms with Crippen molar-refractivity contribution < 1.29 is 13.7 Å². The molecule has 0 fully saturated rings. The number of nitro groups is 1. The van der Waals surface area contributed by atoms with Crippen molar-refractivity contribution in [2.24, 2.45) is 0 Å². The predicted molar refractivity (Wildman–Crippen MR) is 84.2 cm³/mol. The number of para-hydroxylation sites is 1. The maximum atomic E-state index is 14.9. The molecule has 6 heteroatoms. The summed E-state index contributed by atoms with van der Waals surface area (Å²) in [5, 5.41) is 12.7. The van der Waals surface area contributed by atoms with Crippen molar-refractivity contribution >= 4 is 21.7 Å². The highest BCUT2D eigenvalue weighted by atomic mass is 19.3. The Balaban J connectivity index is 2.43. The van der Waals surface area contributed by atoms with Gasteiger partial charge in [-0.05, 0) is 11.5 Å². The lowest BCUT2D eigenvalue weighted by molar-refractivity contribution is -0.594. The molecular weight excluding hydrogens is 302 g/mol. The molecule has 0 atom stereocenters. The fraction of sp³-hybridized carbons (Fsp3) is 0.235. The third-order valence-corrected chi connectivity index (χ3v) is 4.13. The van der Waals surface area contributed by atoms with E-state index < -0.39 is 22.1 Å². The van der Waals surface area contributed by atoms with E-state index in [1.165, 1.54) is 6.07 Å². The van der Waals surface area contributed by atoms with Crippen LogP contribution in [0.1, 0.15) is 19.5 Å². The van der Waals surface area contributed by atoms with Crippen LogP contribution in [-0.4, -0.2) is 15.4 Å². The molecule has 1 aromatic heterocycles. The predicted octanol–water partition coefficient (Wildman–Crippen LogP) is 4.54. The van der Waals surface area contributed by atoms with Gasteiger partial charge in [0.05, 0.1) is 5.52 Å². The summed E-state index contributed by atoms with van der Waals surface area (Å²) >= 11 is 0. The van der Waals surface area contributed by atoms with Gasteiger partial charge in [-0.15, -0.1) is 0 Å². The van der Waals surface area contributed by atoms with Gasteiger partial charge in [-0.3, -0.25) is 10.1 Å². The molecule has 0 amide bonds. The van der Waals surface area contributed by atoms with Crippen LogP contribution in [0.2, 0.25) is 0 Å². The molecule has 0 aliphatic rings. The number of pyridine rings is 1. The summed E-state index contributed by atoms with van der Waals surface area (Å²) in [5.41, 5.74) is -2.64. The van der Waals surface area contributed by atoms with Crippen LogP contribution in [0.15, 0.2) is 48.5 Å². The third-order valence-electron chi connectivity index (χ3n) is 4.13. The summed E-state index contributed by atoms with van der Waals surface area (Å²) in [6.07, 6.45) is 0. The first kappa shape index (κ1) is 15.3. The van der Waals surface area contributed by atoms with Crippen LogP contribution in [0.5, 0.6) is 0 Å². The Kier molecular flexibility index (Phi) is 3.28. The Morgan fingerprint density at radius 3 is 2.09 bits per heavy atom. The lowest BCUT2D eigenvalue weighted by Gasteiger charge is -2.27. The molecule has 0 saturated heterocycles. The monoisotopic (exact) mass is 316 g/mol. The largest absolute Gasteiger partial charge is 0.357 e. The molecule has 0 saturated carbocycles. The molecule has 3 aromatic rings. The van der Waals surface area contributed by atoms with E-state index >= 15 is 0 Å². The highest BCUT2D eigenvalue weighted by Gasteiger charge is 2.59. The minimum absolute atomic E-state index is 0.228. The van der Waals surface area contributed by atoms with Crippen LogP contribution in [0.4, 0.5) is 8.78 Å². The van der Waals surface area contributed by atoms with Gasteiger partial charge in [0.25, 0.3) is 5.54 Å². The summed E-state index contributed by atoms with van der Waals surface area (Å²) in [5.74, 6) is -3.72. The molecule has 3 rings (SSSR count). The Bertz CT molecular complexity index is 923. The van der Waals surface area contributed by atoms with Gasteiger partial charge in [0.1, 0.15) is 5.69 Å². The van der Waals surface area contributed by atoms with Crippen molar-refractivity contribution in [2.45, 2.75) is 25.3 Å². The quantitative estimate of drug-likeness (QED) is 0.405. The van der Waals surface area contributed by atoms with Gasteiger partial charge in [-0.1, -0.05) is 42.5 Å². The summed E-state index contributed by atoms with van der Waals surface area (Å²) in [6.45, 7) is 1.83. The van der Waals surface area contributed by atoms with Gasteiger partial charge < -0.3 is 0 Å². The van der Waals surface area contributed by atoms with Crippen molar-refractivity contribution in [1.29, 1.82) is 0 Å². The highest BCUT2D eigenvalue weighted by molar-refractivity contribution is 6.06. The van der Waals surface area contributed by atoms with Crippen LogP contribution in [0, 0.1) is 10.1 Å². The van der Waals surface area contributed by atoms with Crippen LogP contribution < -0.4 is 0 Å². The van der Waals surface area contributed by atoms with Gasteiger partial charge >= 0.3 is 5.92 Å². The average molecular weight is 316 g/mol. The van der Waals surface area contributed by atoms with Crippen molar-refractivity contribution in [3.05, 3.63) is 64.3 Å². The van der Waals surface area contributed by atoms with E-state index in [1.54, 1.807) is 42.5 Å². The minimum atomic E-state index is -3.72. The zero-order valence-corrected chi connectivity index (χ0v) is 12.6. The number of benzene rings is 2. The molecule has 0 bridgehead atoms. The van der Waals surface area contributed by atoms with Gasteiger partial charge in [-0.25, -0.2) is 4.98 Å². The lowest BCUT2D eigenvalue weighted by atomic mass is 9.90. The van der Waals surface area contributed by atoms with E-state index in [1.807, 2.05) is 0 Å². The topological polar surface area (TPSA) is 56.0 Å². The van der Waals surface area contributed by atoms with Gasteiger partial charge in [0, 0.05) is 29.5 Å². The molecule has 0 unspecified atom stereocenters. The Morgan fingerprint density at radius 1 is 0.957 bits per heavy atom. The Hall–Kier alpha value is -2.63. The van der Waals surface area contributed by atoms with E-state index in [-0.39, 0.29) is 5.39 Å². The maximum Gasteiger partial charge on any atom is 0.357 e. The lowest BCUT2D eigenvalue weighted by Crippen LogP contribution is -2.47. The Morgan fingerprint density at radius 2 is 1.48 bits per heavy atom. The Labute approximate surface area is 130 Å². The molecule has 0 N–H and O–H groups in total. The smallest absolute Gasteiger partial charge is 0.264 e. The van der Waals surface area contributed by atoms with E-state index in [0.29, 0.717) is 10.9 Å².